The Bertz CT molecular complexity index is 2460. The molecular formula is C57H64Cl2FN4O4+. The molecule has 2 fully saturated rings. The maximum absolute atomic E-state index is 14.6. The number of carbonyl (C=O) groups is 3. The first-order valence-electron chi connectivity index (χ1n) is 24.6. The van der Waals surface area contributed by atoms with Crippen LogP contribution in [0.15, 0.2) is 133 Å². The van der Waals surface area contributed by atoms with E-state index in [-0.39, 0.29) is 48.6 Å². The number of halogens is 3. The summed E-state index contributed by atoms with van der Waals surface area (Å²) in [6.45, 7) is 7.59. The van der Waals surface area contributed by atoms with E-state index >= 15 is 0 Å². The zero-order valence-electron chi connectivity index (χ0n) is 39.1. The molecule has 5 aromatic rings. The van der Waals surface area contributed by atoms with E-state index < -0.39 is 11.8 Å². The number of rotatable bonds is 11. The van der Waals surface area contributed by atoms with Crippen molar-refractivity contribution in [3.63, 3.8) is 0 Å². The first kappa shape index (κ1) is 49.0. The number of piperidine rings is 1. The van der Waals surface area contributed by atoms with E-state index in [2.05, 4.69) is 23.6 Å². The molecule has 0 spiro atoms. The van der Waals surface area contributed by atoms with Gasteiger partial charge in [0.2, 0.25) is 17.7 Å². The lowest BCUT2D eigenvalue weighted by Crippen LogP contribution is -2.57. The molecule has 1 atom stereocenters. The van der Waals surface area contributed by atoms with Gasteiger partial charge in [0, 0.05) is 71.2 Å². The van der Waals surface area contributed by atoms with Gasteiger partial charge in [-0.05, 0) is 105 Å². The van der Waals surface area contributed by atoms with Crippen LogP contribution in [0.1, 0.15) is 117 Å². The quantitative estimate of drug-likeness (QED) is 0.102. The number of likely N-dealkylation sites (N-methyl/N-ethyl adjacent to an activating group) is 1. The Morgan fingerprint density at radius 2 is 1.41 bits per heavy atom. The van der Waals surface area contributed by atoms with Crippen LogP contribution < -0.4 is 15.4 Å². The fourth-order valence-electron chi connectivity index (χ4n) is 10.6. The Kier molecular flexibility index (Phi) is 16.7. The van der Waals surface area contributed by atoms with Crippen LogP contribution in [0.5, 0.6) is 11.5 Å². The summed E-state index contributed by atoms with van der Waals surface area (Å²) in [7, 11) is 0. The van der Waals surface area contributed by atoms with Crippen LogP contribution in [0, 0.1) is 5.82 Å². The standard InChI is InChI=1S/C30H36Cl2N2O2.C27H27FN2O2/c1-2-34(20-21-8-6-4-3-5-7-9-21)16-14-24(15-17-34)33-30(35)29-25-18-22(31)10-12-27(25)36-28-13-11-23(32)19-26(28)29;28-24-16-8-7-14-22(24)19-30(23-15-9-17-29-25(31)18-23)27(32)26(20-10-3-1-4-11-20)21-12-5-2-6-13-21/h8,10-13,18-19,24,29H,2-7,9,14-17,20H2,1H3;1-8,10-14,16,23,26H,9,15,17-19H2,(H,29,31)/p+1/b21-8+;. The Morgan fingerprint density at radius 1 is 0.794 bits per heavy atom. The average Bonchev–Trinajstić information content (AvgIpc) is 3.56. The zero-order chi connectivity index (χ0) is 47.5. The van der Waals surface area contributed by atoms with Crippen LogP contribution in [-0.4, -0.2) is 71.9 Å². The molecule has 2 saturated heterocycles. The molecule has 4 aliphatic rings. The van der Waals surface area contributed by atoms with Gasteiger partial charge in [-0.2, -0.15) is 0 Å². The number of amides is 3. The third-order valence-electron chi connectivity index (χ3n) is 14.4. The average molecular weight is 959 g/mol. The van der Waals surface area contributed by atoms with Gasteiger partial charge in [0.1, 0.15) is 23.9 Å². The number of nitrogens with zero attached hydrogens (tertiary/aromatic N) is 2. The van der Waals surface area contributed by atoms with Crippen LogP contribution >= 0.6 is 23.2 Å². The van der Waals surface area contributed by atoms with Gasteiger partial charge in [-0.15, -0.1) is 0 Å². The SMILES string of the molecule is CC[N+]1(C/C2=C/CCCCCC2)CCC(NC(=O)C2c3cc(Cl)ccc3Oc3ccc(Cl)cc32)CC1.O=C1CC(N(Cc2ccccc2F)C(=O)C(c2ccccc2)c2ccccc2)CCCN1. The Morgan fingerprint density at radius 3 is 2.04 bits per heavy atom. The number of allylic oxidation sites excluding steroid dienone is 1. The van der Waals surface area contributed by atoms with Crippen LogP contribution in [0.3, 0.4) is 0 Å². The Balaban J connectivity index is 0.000000185. The van der Waals surface area contributed by atoms with Crippen LogP contribution in [-0.2, 0) is 20.9 Å². The van der Waals surface area contributed by atoms with E-state index in [1.54, 1.807) is 40.8 Å². The van der Waals surface area contributed by atoms with Crippen molar-refractivity contribution >= 4 is 40.9 Å². The molecule has 1 unspecified atom stereocenters. The van der Waals surface area contributed by atoms with Gasteiger partial charge in [0.05, 0.1) is 31.5 Å². The second kappa shape index (κ2) is 23.2. The highest BCUT2D eigenvalue weighted by atomic mass is 35.5. The predicted molar refractivity (Wildman–Crippen MR) is 269 cm³/mol. The topological polar surface area (TPSA) is 87.7 Å². The lowest BCUT2D eigenvalue weighted by atomic mass is 9.86. The van der Waals surface area contributed by atoms with Crippen molar-refractivity contribution in [1.29, 1.82) is 0 Å². The van der Waals surface area contributed by atoms with Gasteiger partial charge >= 0.3 is 0 Å². The molecule has 0 radical (unpaired) electrons. The molecule has 0 aromatic heterocycles. The second-order valence-electron chi connectivity index (χ2n) is 18.9. The van der Waals surface area contributed by atoms with Crippen molar-refractivity contribution in [3.8, 4) is 11.5 Å². The molecule has 9 rings (SSSR count). The predicted octanol–water partition coefficient (Wildman–Crippen LogP) is 12.3. The molecule has 3 amide bonds. The van der Waals surface area contributed by atoms with Crippen molar-refractivity contribution in [1.82, 2.24) is 15.5 Å². The molecule has 3 aliphatic heterocycles. The van der Waals surface area contributed by atoms with E-state index in [1.807, 2.05) is 84.9 Å². The van der Waals surface area contributed by atoms with Gasteiger partial charge in [0.15, 0.2) is 0 Å². The van der Waals surface area contributed by atoms with Gasteiger partial charge in [-0.3, -0.25) is 14.4 Å². The summed E-state index contributed by atoms with van der Waals surface area (Å²) in [6.07, 6.45) is 14.1. The van der Waals surface area contributed by atoms with E-state index in [0.717, 1.165) is 65.6 Å². The van der Waals surface area contributed by atoms with Crippen molar-refractivity contribution in [2.75, 3.05) is 32.7 Å². The van der Waals surface area contributed by atoms with Gasteiger partial charge < -0.3 is 24.8 Å². The molecule has 2 N–H and O–H groups in total. The molecule has 11 heteroatoms. The normalized spacial score (nSPS) is 21.4. The highest BCUT2D eigenvalue weighted by Gasteiger charge is 2.38. The summed E-state index contributed by atoms with van der Waals surface area (Å²) >= 11 is 12.6. The molecule has 0 bridgehead atoms. The number of fused-ring (bicyclic) bond motifs is 2. The van der Waals surface area contributed by atoms with Crippen molar-refractivity contribution in [2.24, 2.45) is 0 Å². The lowest BCUT2D eigenvalue weighted by Gasteiger charge is -2.44. The first-order chi connectivity index (χ1) is 33.1. The maximum atomic E-state index is 14.6. The van der Waals surface area contributed by atoms with E-state index in [1.165, 1.54) is 51.1 Å². The van der Waals surface area contributed by atoms with Crippen LogP contribution in [0.4, 0.5) is 4.39 Å². The number of ether oxygens (including phenoxy) is 1. The highest BCUT2D eigenvalue weighted by molar-refractivity contribution is 6.31. The number of quaternary nitrogens is 1. The van der Waals surface area contributed by atoms with Gasteiger partial charge in [-0.1, -0.05) is 121 Å². The summed E-state index contributed by atoms with van der Waals surface area (Å²) in [6, 6.07) is 36.6. The number of hydrogen-bond acceptors (Lipinski definition) is 4. The lowest BCUT2D eigenvalue weighted by molar-refractivity contribution is -0.927. The fraction of sp³-hybridized carbons (Fsp3) is 0.386. The molecule has 8 nitrogen and oxygen atoms in total. The summed E-state index contributed by atoms with van der Waals surface area (Å²) in [4.78, 5) is 42.0. The molecule has 1 aliphatic carbocycles. The zero-order valence-corrected chi connectivity index (χ0v) is 40.6. The largest absolute Gasteiger partial charge is 0.457 e. The number of likely N-dealkylation sites (tertiary alicyclic amines) is 1. The minimum Gasteiger partial charge on any atom is -0.457 e. The summed E-state index contributed by atoms with van der Waals surface area (Å²) in [5, 5.41) is 7.45. The smallest absolute Gasteiger partial charge is 0.235 e. The van der Waals surface area contributed by atoms with Gasteiger partial charge in [0.25, 0.3) is 0 Å². The first-order valence-corrected chi connectivity index (χ1v) is 25.4. The van der Waals surface area contributed by atoms with E-state index in [9.17, 15) is 18.8 Å². The minimum atomic E-state index is -0.532. The molecule has 5 aromatic carbocycles. The van der Waals surface area contributed by atoms with Crippen molar-refractivity contribution in [2.45, 2.75) is 108 Å². The summed E-state index contributed by atoms with van der Waals surface area (Å²) in [5.74, 6) is -0.225. The third kappa shape index (κ3) is 12.2. The van der Waals surface area contributed by atoms with E-state index in [4.69, 9.17) is 27.9 Å². The van der Waals surface area contributed by atoms with Crippen LogP contribution in [0.25, 0.3) is 0 Å². The number of hydrogen-bond donors (Lipinski definition) is 2. The van der Waals surface area contributed by atoms with Crippen molar-refractivity contribution in [3.05, 3.63) is 177 Å². The summed E-state index contributed by atoms with van der Waals surface area (Å²) < 4.78 is 21.8. The Labute approximate surface area is 411 Å². The maximum Gasteiger partial charge on any atom is 0.235 e. The number of nitrogens with one attached hydrogen (secondary N) is 2. The van der Waals surface area contributed by atoms with Crippen molar-refractivity contribution < 1.29 is 28.0 Å². The number of carbonyl (C=O) groups excluding carboxylic acids is 3. The van der Waals surface area contributed by atoms with E-state index in [0.29, 0.717) is 40.1 Å². The molecule has 68 heavy (non-hydrogen) atoms. The van der Waals surface area contributed by atoms with Gasteiger partial charge in [-0.25, -0.2) is 4.39 Å². The van der Waals surface area contributed by atoms with Crippen LogP contribution in [0.2, 0.25) is 10.0 Å². The molecule has 0 saturated carbocycles. The molecule has 3 heterocycles. The Hall–Kier alpha value is -5.48. The summed E-state index contributed by atoms with van der Waals surface area (Å²) in [5.41, 5.74) is 5.44. The number of benzene rings is 5. The third-order valence-corrected chi connectivity index (χ3v) is 14.9. The highest BCUT2D eigenvalue weighted by Crippen LogP contribution is 2.46. The molecule has 356 valence electrons. The minimum absolute atomic E-state index is 0.00504. The second-order valence-corrected chi connectivity index (χ2v) is 19.8. The fourth-order valence-corrected chi connectivity index (χ4v) is 10.9. The molecular weight excluding hydrogens is 895 g/mol. The monoisotopic (exact) mass is 957 g/mol.